The van der Waals surface area contributed by atoms with Crippen molar-refractivity contribution in [2.75, 3.05) is 13.2 Å². The van der Waals surface area contributed by atoms with Crippen LogP contribution in [0.5, 0.6) is 0 Å². The van der Waals surface area contributed by atoms with Crippen molar-refractivity contribution in [3.63, 3.8) is 0 Å². The van der Waals surface area contributed by atoms with E-state index in [4.69, 9.17) is 14.2 Å². The number of carbonyl (C=O) groups is 1. The number of carbonyl (C=O) groups excluding carboxylic acids is 1. The Kier molecular flexibility index (Phi) is 4.93. The Bertz CT molecular complexity index is 687. The zero-order chi connectivity index (χ0) is 19.1. The predicted molar refractivity (Wildman–Crippen MR) is 102 cm³/mol. The molecule has 5 heteroatoms. The van der Waals surface area contributed by atoms with Crippen molar-refractivity contribution < 1.29 is 19.0 Å². The number of benzene rings is 1. The molecule has 0 N–H and O–H groups in total. The summed E-state index contributed by atoms with van der Waals surface area (Å²) in [6.45, 7) is 7.88. The third-order valence-corrected chi connectivity index (χ3v) is 6.65. The zero-order valence-corrected chi connectivity index (χ0v) is 16.7. The highest BCUT2D eigenvalue weighted by atomic mass is 16.7. The van der Waals surface area contributed by atoms with Crippen LogP contribution in [-0.2, 0) is 14.2 Å². The van der Waals surface area contributed by atoms with E-state index in [0.717, 1.165) is 51.7 Å². The normalized spacial score (nSPS) is 28.2. The van der Waals surface area contributed by atoms with Gasteiger partial charge in [-0.15, -0.1) is 0 Å². The fourth-order valence-corrected chi connectivity index (χ4v) is 5.14. The van der Waals surface area contributed by atoms with Crippen molar-refractivity contribution in [1.29, 1.82) is 0 Å². The van der Waals surface area contributed by atoms with E-state index in [2.05, 4.69) is 32.9 Å². The van der Waals surface area contributed by atoms with E-state index in [1.54, 1.807) is 0 Å². The molecule has 1 unspecified atom stereocenters. The average Bonchev–Trinajstić information content (AvgIpc) is 2.65. The Morgan fingerprint density at radius 3 is 2.41 bits per heavy atom. The van der Waals surface area contributed by atoms with Gasteiger partial charge in [0.05, 0.1) is 19.3 Å². The van der Waals surface area contributed by atoms with Crippen molar-refractivity contribution in [2.45, 2.75) is 82.8 Å². The molecule has 1 saturated carbocycles. The van der Waals surface area contributed by atoms with Crippen molar-refractivity contribution in [2.24, 2.45) is 0 Å². The van der Waals surface area contributed by atoms with Crippen molar-refractivity contribution in [3.8, 4) is 0 Å². The Hall–Kier alpha value is -1.59. The van der Waals surface area contributed by atoms with Crippen LogP contribution in [0.25, 0.3) is 0 Å². The molecule has 0 radical (unpaired) electrons. The van der Waals surface area contributed by atoms with Crippen LogP contribution in [0.1, 0.15) is 69.5 Å². The molecule has 2 spiro atoms. The SMILES string of the molecule is Cc1ccccc1[C@H](C)N1C(=O)OC2(CCC3(CC2)OCCCO3)CC1C. The summed E-state index contributed by atoms with van der Waals surface area (Å²) in [6.07, 6.45) is 4.88. The minimum atomic E-state index is -0.440. The van der Waals surface area contributed by atoms with Gasteiger partial charge in [-0.25, -0.2) is 4.79 Å². The average molecular weight is 373 g/mol. The third kappa shape index (κ3) is 3.47. The summed E-state index contributed by atoms with van der Waals surface area (Å²) in [4.78, 5) is 14.9. The molecule has 4 rings (SSSR count). The molecule has 1 amide bonds. The van der Waals surface area contributed by atoms with Crippen LogP contribution in [0.3, 0.4) is 0 Å². The van der Waals surface area contributed by atoms with Crippen LogP contribution >= 0.6 is 0 Å². The maximum atomic E-state index is 13.0. The molecule has 1 aromatic carbocycles. The summed E-state index contributed by atoms with van der Waals surface area (Å²) in [7, 11) is 0. The Morgan fingerprint density at radius 1 is 1.11 bits per heavy atom. The van der Waals surface area contributed by atoms with Crippen LogP contribution in [0.2, 0.25) is 0 Å². The first-order valence-electron chi connectivity index (χ1n) is 10.3. The van der Waals surface area contributed by atoms with E-state index in [-0.39, 0.29) is 23.8 Å². The first kappa shape index (κ1) is 18.8. The molecular weight excluding hydrogens is 342 g/mol. The summed E-state index contributed by atoms with van der Waals surface area (Å²) < 4.78 is 18.0. The monoisotopic (exact) mass is 373 g/mol. The molecule has 2 heterocycles. The number of hydrogen-bond donors (Lipinski definition) is 0. The summed E-state index contributed by atoms with van der Waals surface area (Å²) in [6, 6.07) is 8.41. The van der Waals surface area contributed by atoms with Crippen LogP contribution in [0.4, 0.5) is 4.79 Å². The second-order valence-electron chi connectivity index (χ2n) is 8.51. The first-order valence-corrected chi connectivity index (χ1v) is 10.3. The number of rotatable bonds is 2. The maximum Gasteiger partial charge on any atom is 0.411 e. The second kappa shape index (κ2) is 7.10. The highest BCUT2D eigenvalue weighted by Gasteiger charge is 2.52. The van der Waals surface area contributed by atoms with E-state index in [9.17, 15) is 4.79 Å². The largest absolute Gasteiger partial charge is 0.443 e. The molecule has 0 bridgehead atoms. The van der Waals surface area contributed by atoms with E-state index in [0.29, 0.717) is 0 Å². The Morgan fingerprint density at radius 2 is 1.78 bits per heavy atom. The van der Waals surface area contributed by atoms with E-state index >= 15 is 0 Å². The predicted octanol–water partition coefficient (Wildman–Crippen LogP) is 4.73. The van der Waals surface area contributed by atoms with Gasteiger partial charge in [0.2, 0.25) is 0 Å². The molecular formula is C22H31NO4. The molecule has 2 aliphatic heterocycles. The highest BCUT2D eigenvalue weighted by Crippen LogP contribution is 2.47. The zero-order valence-electron chi connectivity index (χ0n) is 16.7. The Labute approximate surface area is 162 Å². The lowest BCUT2D eigenvalue weighted by Gasteiger charge is -2.52. The number of amides is 1. The van der Waals surface area contributed by atoms with Gasteiger partial charge >= 0.3 is 6.09 Å². The number of aryl methyl sites for hydroxylation is 1. The maximum absolute atomic E-state index is 13.0. The summed E-state index contributed by atoms with van der Waals surface area (Å²) in [5.41, 5.74) is 2.02. The van der Waals surface area contributed by atoms with Gasteiger partial charge in [0, 0.05) is 25.3 Å². The van der Waals surface area contributed by atoms with E-state index < -0.39 is 5.79 Å². The number of hydrogen-bond acceptors (Lipinski definition) is 4. The van der Waals surface area contributed by atoms with Gasteiger partial charge in [0.1, 0.15) is 5.60 Å². The van der Waals surface area contributed by atoms with Gasteiger partial charge in [-0.1, -0.05) is 24.3 Å². The molecule has 2 atom stereocenters. The van der Waals surface area contributed by atoms with Crippen LogP contribution in [-0.4, -0.2) is 41.6 Å². The smallest absolute Gasteiger partial charge is 0.411 e. The van der Waals surface area contributed by atoms with E-state index in [1.807, 2.05) is 17.0 Å². The number of nitrogens with zero attached hydrogens (tertiary/aromatic N) is 1. The van der Waals surface area contributed by atoms with Crippen molar-refractivity contribution in [1.82, 2.24) is 4.90 Å². The molecule has 148 valence electrons. The number of ether oxygens (including phenoxy) is 3. The molecule has 3 aliphatic rings. The Balaban J connectivity index is 1.46. The van der Waals surface area contributed by atoms with E-state index in [1.165, 1.54) is 11.1 Å². The van der Waals surface area contributed by atoms with Gasteiger partial charge in [-0.3, -0.25) is 4.90 Å². The lowest BCUT2D eigenvalue weighted by atomic mass is 9.76. The first-order chi connectivity index (χ1) is 12.9. The molecule has 5 nitrogen and oxygen atoms in total. The molecule has 27 heavy (non-hydrogen) atoms. The van der Waals surface area contributed by atoms with Crippen LogP contribution in [0, 0.1) is 6.92 Å². The van der Waals surface area contributed by atoms with Gasteiger partial charge in [-0.2, -0.15) is 0 Å². The van der Waals surface area contributed by atoms with Gasteiger partial charge in [0.15, 0.2) is 5.79 Å². The second-order valence-corrected chi connectivity index (χ2v) is 8.51. The fourth-order valence-electron chi connectivity index (χ4n) is 5.14. The summed E-state index contributed by atoms with van der Waals surface area (Å²) in [5, 5.41) is 0. The lowest BCUT2D eigenvalue weighted by Crippen LogP contribution is -2.58. The lowest BCUT2D eigenvalue weighted by molar-refractivity contribution is -0.294. The molecule has 2 saturated heterocycles. The van der Waals surface area contributed by atoms with Gasteiger partial charge in [0.25, 0.3) is 0 Å². The van der Waals surface area contributed by atoms with Gasteiger partial charge < -0.3 is 14.2 Å². The highest BCUT2D eigenvalue weighted by molar-refractivity contribution is 5.70. The van der Waals surface area contributed by atoms with Crippen LogP contribution in [0.15, 0.2) is 24.3 Å². The summed E-state index contributed by atoms with van der Waals surface area (Å²) >= 11 is 0. The van der Waals surface area contributed by atoms with Crippen molar-refractivity contribution >= 4 is 6.09 Å². The summed E-state index contributed by atoms with van der Waals surface area (Å²) in [5.74, 6) is -0.440. The molecule has 3 fully saturated rings. The molecule has 1 aromatic rings. The minimum absolute atomic E-state index is 0.00555. The van der Waals surface area contributed by atoms with Gasteiger partial charge in [-0.05, 0) is 51.2 Å². The van der Waals surface area contributed by atoms with Crippen LogP contribution < -0.4 is 0 Å². The molecule has 0 aromatic heterocycles. The minimum Gasteiger partial charge on any atom is -0.443 e. The molecule has 1 aliphatic carbocycles. The standard InChI is InChI=1S/C22H31NO4/c1-16-7-4-5-8-19(16)18(3)23-17(2)15-21(27-20(23)24)9-11-22(12-10-21)25-13-6-14-26-22/h4-5,7-8,17-18H,6,9-15H2,1-3H3/t17?,18-/m0/s1. The quantitative estimate of drug-likeness (QED) is 0.752. The third-order valence-electron chi connectivity index (χ3n) is 6.65. The fraction of sp³-hybridized carbons (Fsp3) is 0.682. The topological polar surface area (TPSA) is 48.0 Å². The van der Waals surface area contributed by atoms with Crippen molar-refractivity contribution in [3.05, 3.63) is 35.4 Å².